The molecule has 3 heteroatoms. The largest absolute Gasteiger partial charge is 0.481 e. The number of allylic oxidation sites excluding steroid dienone is 4. The van der Waals surface area contributed by atoms with Crippen molar-refractivity contribution in [3.63, 3.8) is 0 Å². The summed E-state index contributed by atoms with van der Waals surface area (Å²) >= 11 is 0. The third-order valence-electron chi connectivity index (χ3n) is 5.75. The lowest BCUT2D eigenvalue weighted by atomic mass is 10.0. The van der Waals surface area contributed by atoms with Gasteiger partial charge in [-0.05, 0) is 51.4 Å². The number of unbranched alkanes of at least 4 members (excludes halogenated alkanes) is 14. The molecule has 0 fully saturated rings. The first-order chi connectivity index (χ1) is 15.2. The molecule has 0 aromatic carbocycles. The van der Waals surface area contributed by atoms with E-state index in [-0.39, 0.29) is 6.42 Å². The number of Topliss-reactive ketones (excluding diaryl/α,β-unsaturated/α-hetero) is 1. The molecular formula is C28H50O3. The molecule has 31 heavy (non-hydrogen) atoms. The van der Waals surface area contributed by atoms with E-state index in [2.05, 4.69) is 31.2 Å². The van der Waals surface area contributed by atoms with Gasteiger partial charge in [-0.15, -0.1) is 0 Å². The monoisotopic (exact) mass is 434 g/mol. The van der Waals surface area contributed by atoms with E-state index in [1.807, 2.05) is 0 Å². The van der Waals surface area contributed by atoms with Crippen LogP contribution in [0.25, 0.3) is 0 Å². The molecule has 0 radical (unpaired) electrons. The summed E-state index contributed by atoms with van der Waals surface area (Å²) in [6, 6.07) is 0. The van der Waals surface area contributed by atoms with E-state index in [0.29, 0.717) is 12.2 Å². The van der Waals surface area contributed by atoms with Crippen LogP contribution in [0.15, 0.2) is 24.3 Å². The van der Waals surface area contributed by atoms with Gasteiger partial charge in [0.2, 0.25) is 0 Å². The Morgan fingerprint density at radius 3 is 1.45 bits per heavy atom. The minimum Gasteiger partial charge on any atom is -0.481 e. The molecule has 0 aliphatic rings. The van der Waals surface area contributed by atoms with Crippen LogP contribution in [0.4, 0.5) is 0 Å². The van der Waals surface area contributed by atoms with Crippen LogP contribution in [0.3, 0.4) is 0 Å². The predicted octanol–water partition coefficient (Wildman–Crippen LogP) is 8.96. The van der Waals surface area contributed by atoms with Crippen LogP contribution in [0, 0.1) is 0 Å². The molecule has 180 valence electrons. The van der Waals surface area contributed by atoms with Gasteiger partial charge in [0.1, 0.15) is 5.78 Å². The fraction of sp³-hybridized carbons (Fsp3) is 0.786. The highest BCUT2D eigenvalue weighted by Gasteiger charge is 2.02. The lowest BCUT2D eigenvalue weighted by molar-refractivity contribution is -0.137. The van der Waals surface area contributed by atoms with Crippen molar-refractivity contribution in [3.05, 3.63) is 24.3 Å². The van der Waals surface area contributed by atoms with E-state index in [9.17, 15) is 9.59 Å². The topological polar surface area (TPSA) is 54.4 Å². The minimum atomic E-state index is -0.709. The fourth-order valence-electron chi connectivity index (χ4n) is 3.74. The lowest BCUT2D eigenvalue weighted by Crippen LogP contribution is -1.98. The van der Waals surface area contributed by atoms with Gasteiger partial charge in [-0.3, -0.25) is 9.59 Å². The Labute approximate surface area is 192 Å². The van der Waals surface area contributed by atoms with Crippen molar-refractivity contribution in [2.75, 3.05) is 0 Å². The number of hydrogen-bond donors (Lipinski definition) is 1. The van der Waals surface area contributed by atoms with E-state index in [0.717, 1.165) is 51.4 Å². The molecule has 0 saturated carbocycles. The predicted molar refractivity (Wildman–Crippen MR) is 134 cm³/mol. The Balaban J connectivity index is 3.25. The Kier molecular flexibility index (Phi) is 23.8. The van der Waals surface area contributed by atoms with Gasteiger partial charge < -0.3 is 5.11 Å². The summed E-state index contributed by atoms with van der Waals surface area (Å²) in [6.45, 7) is 2.25. The summed E-state index contributed by atoms with van der Waals surface area (Å²) in [5, 5.41) is 8.58. The molecule has 0 amide bonds. The standard InChI is InChI=1S/C28H50O3/c1-2-3-4-5-6-7-8-9-10-11-12-13-14-15-16-18-21-24-27(29)25-22-19-17-20-23-26-28(30)31/h6-7,9-10H,2-5,8,11-26H2,1H3,(H,30,31). The van der Waals surface area contributed by atoms with E-state index in [1.165, 1.54) is 70.6 Å². The van der Waals surface area contributed by atoms with Crippen molar-refractivity contribution in [2.45, 2.75) is 142 Å². The van der Waals surface area contributed by atoms with E-state index in [4.69, 9.17) is 5.11 Å². The Hall–Kier alpha value is -1.38. The summed E-state index contributed by atoms with van der Waals surface area (Å²) in [4.78, 5) is 22.3. The molecule has 0 spiro atoms. The van der Waals surface area contributed by atoms with Gasteiger partial charge in [0, 0.05) is 19.3 Å². The minimum absolute atomic E-state index is 0.271. The highest BCUT2D eigenvalue weighted by molar-refractivity contribution is 5.78. The maximum absolute atomic E-state index is 11.9. The highest BCUT2D eigenvalue weighted by Crippen LogP contribution is 2.13. The number of carbonyl (C=O) groups is 2. The van der Waals surface area contributed by atoms with Crippen molar-refractivity contribution in [2.24, 2.45) is 0 Å². The maximum atomic E-state index is 11.9. The van der Waals surface area contributed by atoms with Crippen LogP contribution in [0.1, 0.15) is 142 Å². The average Bonchev–Trinajstić information content (AvgIpc) is 2.75. The number of rotatable bonds is 24. The van der Waals surface area contributed by atoms with E-state index in [1.54, 1.807) is 0 Å². The van der Waals surface area contributed by atoms with Crippen LogP contribution in [-0.2, 0) is 9.59 Å². The molecule has 0 aliphatic carbocycles. The Morgan fingerprint density at radius 1 is 0.548 bits per heavy atom. The fourth-order valence-corrected chi connectivity index (χ4v) is 3.74. The molecular weight excluding hydrogens is 384 g/mol. The Bertz CT molecular complexity index is 465. The Morgan fingerprint density at radius 2 is 0.968 bits per heavy atom. The number of carbonyl (C=O) groups excluding carboxylic acids is 1. The lowest BCUT2D eigenvalue weighted by Gasteiger charge is -2.03. The van der Waals surface area contributed by atoms with Crippen LogP contribution >= 0.6 is 0 Å². The van der Waals surface area contributed by atoms with Gasteiger partial charge in [-0.25, -0.2) is 0 Å². The molecule has 0 bridgehead atoms. The van der Waals surface area contributed by atoms with Gasteiger partial charge in [0.25, 0.3) is 0 Å². The summed E-state index contributed by atoms with van der Waals surface area (Å²) in [5.41, 5.74) is 0. The van der Waals surface area contributed by atoms with Crippen molar-refractivity contribution in [3.8, 4) is 0 Å². The number of carboxylic acid groups (broad SMARTS) is 1. The van der Waals surface area contributed by atoms with Gasteiger partial charge in [-0.1, -0.05) is 95.4 Å². The summed E-state index contributed by atoms with van der Waals surface area (Å²) in [7, 11) is 0. The zero-order valence-electron chi connectivity index (χ0n) is 20.4. The molecule has 0 atom stereocenters. The van der Waals surface area contributed by atoms with Crippen molar-refractivity contribution in [1.82, 2.24) is 0 Å². The summed E-state index contributed by atoms with van der Waals surface area (Å²) in [5.74, 6) is -0.299. The molecule has 0 heterocycles. The number of aliphatic carboxylic acids is 1. The highest BCUT2D eigenvalue weighted by atomic mass is 16.4. The molecule has 0 unspecified atom stereocenters. The molecule has 0 aromatic heterocycles. The summed E-state index contributed by atoms with van der Waals surface area (Å²) in [6.07, 6.45) is 32.0. The second kappa shape index (κ2) is 24.9. The zero-order chi connectivity index (χ0) is 22.8. The first-order valence-electron chi connectivity index (χ1n) is 13.2. The van der Waals surface area contributed by atoms with Crippen LogP contribution in [-0.4, -0.2) is 16.9 Å². The van der Waals surface area contributed by atoms with Crippen LogP contribution < -0.4 is 0 Å². The molecule has 0 aliphatic heterocycles. The van der Waals surface area contributed by atoms with Gasteiger partial charge in [-0.2, -0.15) is 0 Å². The van der Waals surface area contributed by atoms with Crippen molar-refractivity contribution < 1.29 is 14.7 Å². The molecule has 3 nitrogen and oxygen atoms in total. The molecule has 1 N–H and O–H groups in total. The first kappa shape index (κ1) is 29.6. The van der Waals surface area contributed by atoms with E-state index >= 15 is 0 Å². The number of hydrogen-bond acceptors (Lipinski definition) is 2. The first-order valence-corrected chi connectivity index (χ1v) is 13.2. The normalized spacial score (nSPS) is 11.6. The maximum Gasteiger partial charge on any atom is 0.303 e. The third-order valence-corrected chi connectivity index (χ3v) is 5.75. The molecule has 0 aromatic rings. The number of ketones is 1. The molecule has 0 saturated heterocycles. The van der Waals surface area contributed by atoms with Gasteiger partial charge >= 0.3 is 5.97 Å². The van der Waals surface area contributed by atoms with E-state index < -0.39 is 5.97 Å². The summed E-state index contributed by atoms with van der Waals surface area (Å²) < 4.78 is 0. The van der Waals surface area contributed by atoms with Crippen molar-refractivity contribution in [1.29, 1.82) is 0 Å². The second-order valence-electron chi connectivity index (χ2n) is 8.89. The zero-order valence-corrected chi connectivity index (χ0v) is 20.4. The number of carboxylic acids is 1. The molecule has 0 rings (SSSR count). The van der Waals surface area contributed by atoms with Crippen LogP contribution in [0.2, 0.25) is 0 Å². The van der Waals surface area contributed by atoms with Gasteiger partial charge in [0.05, 0.1) is 0 Å². The average molecular weight is 435 g/mol. The second-order valence-corrected chi connectivity index (χ2v) is 8.89. The SMILES string of the molecule is CCCCCC=CCC=CCCCCCCCCCC(=O)CCCCCCCC(=O)O. The third kappa shape index (κ3) is 26.6. The smallest absolute Gasteiger partial charge is 0.303 e. The van der Waals surface area contributed by atoms with Crippen molar-refractivity contribution >= 4 is 11.8 Å². The van der Waals surface area contributed by atoms with Crippen LogP contribution in [0.5, 0.6) is 0 Å². The quantitative estimate of drug-likeness (QED) is 0.122. The van der Waals surface area contributed by atoms with Gasteiger partial charge in [0.15, 0.2) is 0 Å².